The van der Waals surface area contributed by atoms with Gasteiger partial charge >= 0.3 is 5.97 Å². The zero-order chi connectivity index (χ0) is 54.3. The molecule has 2 unspecified atom stereocenters. The molecule has 0 rings (SSSR count). The zero-order valence-corrected chi connectivity index (χ0v) is 50.5. The average molecular weight is 1050 g/mol. The van der Waals surface area contributed by atoms with Gasteiger partial charge in [0.1, 0.15) is 0 Å². The Hall–Kier alpha value is -1.92. The van der Waals surface area contributed by atoms with Crippen LogP contribution in [0.4, 0.5) is 0 Å². The predicted octanol–water partition coefficient (Wildman–Crippen LogP) is 21.5. The topological polar surface area (TPSA) is 95.9 Å². The second-order valence-electron chi connectivity index (χ2n) is 23.2. The van der Waals surface area contributed by atoms with Crippen LogP contribution in [0.3, 0.4) is 0 Å². The summed E-state index contributed by atoms with van der Waals surface area (Å²) < 4.78 is 5.49. The number of esters is 1. The van der Waals surface area contributed by atoms with Crippen molar-refractivity contribution >= 4 is 11.9 Å². The quantitative estimate of drug-likeness (QED) is 0.0320. The second-order valence-corrected chi connectivity index (χ2v) is 23.2. The Morgan fingerprint density at radius 1 is 0.373 bits per heavy atom. The highest BCUT2D eigenvalue weighted by molar-refractivity contribution is 5.76. The highest BCUT2D eigenvalue weighted by atomic mass is 16.5. The van der Waals surface area contributed by atoms with Gasteiger partial charge in [-0.3, -0.25) is 9.59 Å². The molecule has 6 nitrogen and oxygen atoms in total. The number of amides is 1. The maximum absolute atomic E-state index is 12.5. The molecular weight excluding hydrogens is 923 g/mol. The molecule has 0 aromatic heterocycles. The summed E-state index contributed by atoms with van der Waals surface area (Å²) in [6.07, 6.45) is 81.9. The molecule has 0 aliphatic carbocycles. The first kappa shape index (κ1) is 73.1. The van der Waals surface area contributed by atoms with Crippen LogP contribution in [0.1, 0.15) is 367 Å². The van der Waals surface area contributed by atoms with Crippen molar-refractivity contribution in [3.05, 3.63) is 36.5 Å². The third-order valence-electron chi connectivity index (χ3n) is 15.7. The van der Waals surface area contributed by atoms with Gasteiger partial charge in [-0.05, 0) is 64.2 Å². The highest BCUT2D eigenvalue weighted by Crippen LogP contribution is 2.18. The van der Waals surface area contributed by atoms with E-state index >= 15 is 0 Å². The maximum Gasteiger partial charge on any atom is 0.305 e. The first-order chi connectivity index (χ1) is 37.0. The number of aliphatic hydroxyl groups is 2. The molecule has 0 saturated heterocycles. The Balaban J connectivity index is 3.43. The van der Waals surface area contributed by atoms with Crippen LogP contribution in [-0.4, -0.2) is 47.4 Å². The highest BCUT2D eigenvalue weighted by Gasteiger charge is 2.18. The molecule has 0 bridgehead atoms. The first-order valence-corrected chi connectivity index (χ1v) is 33.8. The van der Waals surface area contributed by atoms with E-state index in [-0.39, 0.29) is 18.5 Å². The molecule has 0 saturated carbocycles. The minimum Gasteiger partial charge on any atom is -0.466 e. The third-order valence-corrected chi connectivity index (χ3v) is 15.7. The number of allylic oxidation sites excluding steroid dienone is 5. The van der Waals surface area contributed by atoms with Crippen molar-refractivity contribution in [1.29, 1.82) is 0 Å². The van der Waals surface area contributed by atoms with Gasteiger partial charge in [0.15, 0.2) is 0 Å². The van der Waals surface area contributed by atoms with Crippen LogP contribution in [0.25, 0.3) is 0 Å². The average Bonchev–Trinajstić information content (AvgIpc) is 3.41. The van der Waals surface area contributed by atoms with Gasteiger partial charge in [0.05, 0.1) is 25.4 Å². The summed E-state index contributed by atoms with van der Waals surface area (Å²) in [5, 5.41) is 23.2. The van der Waals surface area contributed by atoms with E-state index in [1.807, 2.05) is 6.08 Å². The summed E-state index contributed by atoms with van der Waals surface area (Å²) in [5.41, 5.74) is 0. The van der Waals surface area contributed by atoms with Crippen molar-refractivity contribution < 1.29 is 24.5 Å². The van der Waals surface area contributed by atoms with E-state index in [4.69, 9.17) is 4.74 Å². The van der Waals surface area contributed by atoms with E-state index in [0.717, 1.165) is 51.4 Å². The molecule has 0 heterocycles. The Labute approximate surface area is 468 Å². The van der Waals surface area contributed by atoms with Gasteiger partial charge < -0.3 is 20.3 Å². The smallest absolute Gasteiger partial charge is 0.305 e. The fraction of sp³-hybridized carbons (Fsp3) is 0.884. The van der Waals surface area contributed by atoms with Crippen molar-refractivity contribution in [2.75, 3.05) is 13.2 Å². The van der Waals surface area contributed by atoms with E-state index in [2.05, 4.69) is 43.5 Å². The fourth-order valence-electron chi connectivity index (χ4n) is 10.5. The monoisotopic (exact) mass is 1050 g/mol. The summed E-state index contributed by atoms with van der Waals surface area (Å²) in [6.45, 7) is 4.91. The van der Waals surface area contributed by atoms with Crippen molar-refractivity contribution in [3.63, 3.8) is 0 Å². The Morgan fingerprint density at radius 2 is 0.667 bits per heavy atom. The lowest BCUT2D eigenvalue weighted by Crippen LogP contribution is -2.45. The molecule has 0 spiro atoms. The van der Waals surface area contributed by atoms with Crippen LogP contribution >= 0.6 is 0 Å². The van der Waals surface area contributed by atoms with Crippen molar-refractivity contribution in [2.24, 2.45) is 0 Å². The van der Waals surface area contributed by atoms with Crippen LogP contribution in [0.5, 0.6) is 0 Å². The normalized spacial score (nSPS) is 12.7. The molecule has 0 radical (unpaired) electrons. The number of aliphatic hydroxyl groups excluding tert-OH is 2. The lowest BCUT2D eigenvalue weighted by Gasteiger charge is -2.20. The van der Waals surface area contributed by atoms with Gasteiger partial charge in [0.25, 0.3) is 0 Å². The van der Waals surface area contributed by atoms with Gasteiger partial charge in [-0.1, -0.05) is 326 Å². The van der Waals surface area contributed by atoms with Gasteiger partial charge in [-0.2, -0.15) is 0 Å². The molecule has 6 heteroatoms. The van der Waals surface area contributed by atoms with E-state index < -0.39 is 12.1 Å². The summed E-state index contributed by atoms with van der Waals surface area (Å²) in [5.74, 6) is -0.0690. The molecule has 3 N–H and O–H groups in total. The minimum atomic E-state index is -0.849. The van der Waals surface area contributed by atoms with E-state index in [0.29, 0.717) is 19.4 Å². The maximum atomic E-state index is 12.5. The Bertz CT molecular complexity index is 1210. The number of nitrogens with one attached hydrogen (secondary N) is 1. The van der Waals surface area contributed by atoms with Crippen LogP contribution < -0.4 is 5.32 Å². The van der Waals surface area contributed by atoms with Crippen LogP contribution in [0.2, 0.25) is 0 Å². The van der Waals surface area contributed by atoms with E-state index in [1.165, 1.54) is 289 Å². The summed E-state index contributed by atoms with van der Waals surface area (Å²) in [4.78, 5) is 24.6. The number of hydrogen-bond acceptors (Lipinski definition) is 5. The van der Waals surface area contributed by atoms with Gasteiger partial charge in [0.2, 0.25) is 5.91 Å². The van der Waals surface area contributed by atoms with Crippen molar-refractivity contribution in [3.8, 4) is 0 Å². The van der Waals surface area contributed by atoms with Crippen LogP contribution in [0, 0.1) is 0 Å². The lowest BCUT2D eigenvalue weighted by molar-refractivity contribution is -0.143. The number of hydrogen-bond donors (Lipinski definition) is 3. The van der Waals surface area contributed by atoms with Crippen molar-refractivity contribution in [1.82, 2.24) is 5.32 Å². The van der Waals surface area contributed by atoms with Gasteiger partial charge in [-0.25, -0.2) is 0 Å². The molecule has 2 atom stereocenters. The molecule has 0 aromatic carbocycles. The Kier molecular flexibility index (Phi) is 63.0. The number of carbonyl (C=O) groups is 2. The molecule has 0 aliphatic heterocycles. The first-order valence-electron chi connectivity index (χ1n) is 33.8. The van der Waals surface area contributed by atoms with Gasteiger partial charge in [-0.15, -0.1) is 0 Å². The molecule has 0 aliphatic rings. The zero-order valence-electron chi connectivity index (χ0n) is 50.5. The predicted molar refractivity (Wildman–Crippen MR) is 329 cm³/mol. The summed E-state index contributed by atoms with van der Waals surface area (Å²) in [6, 6.07) is -0.633. The number of rotatable bonds is 63. The van der Waals surface area contributed by atoms with Crippen molar-refractivity contribution in [2.45, 2.75) is 379 Å². The molecule has 0 fully saturated rings. The van der Waals surface area contributed by atoms with Crippen LogP contribution in [-0.2, 0) is 14.3 Å². The number of unbranched alkanes of at least 4 members (excludes halogenated alkanes) is 48. The number of carbonyl (C=O) groups excluding carboxylic acids is 2. The van der Waals surface area contributed by atoms with E-state index in [1.54, 1.807) is 6.08 Å². The second kappa shape index (κ2) is 64.6. The fourth-order valence-corrected chi connectivity index (χ4v) is 10.5. The SMILES string of the molecule is CCCCCC/C=C\C/C=C\CCCCCCCCCC(=O)OCCCCCCCCCCCCCCCCCCCCC(=O)NC(CO)C(O)/C=C/CCCCCCCCCCCCCCCCCCCCCC. The summed E-state index contributed by atoms with van der Waals surface area (Å²) >= 11 is 0. The third kappa shape index (κ3) is 61.2. The molecule has 75 heavy (non-hydrogen) atoms. The molecule has 442 valence electrons. The van der Waals surface area contributed by atoms with Gasteiger partial charge in [0, 0.05) is 12.8 Å². The molecule has 1 amide bonds. The number of ether oxygens (including phenoxy) is 1. The Morgan fingerprint density at radius 3 is 1.03 bits per heavy atom. The van der Waals surface area contributed by atoms with E-state index in [9.17, 15) is 19.8 Å². The van der Waals surface area contributed by atoms with Crippen LogP contribution in [0.15, 0.2) is 36.5 Å². The molecular formula is C69H131NO5. The molecule has 0 aromatic rings. The standard InChI is InChI=1S/C69H131NO5/c1-3-5-7-9-11-13-15-17-19-21-23-24-25-26-29-33-37-41-45-49-53-57-61-67(72)66(65-71)70-68(73)62-58-54-50-46-42-38-34-30-27-28-32-36-40-44-48-52-56-60-64-75-69(74)63-59-55-51-47-43-39-35-31-22-20-18-16-14-12-10-8-6-4-2/h14,16,20,22,57,61,66-67,71-72H,3-13,15,17-19,21,23-56,58-60,62-65H2,1-2H3,(H,70,73)/b16-14-,22-20-,61-57+. The summed E-state index contributed by atoms with van der Waals surface area (Å²) in [7, 11) is 0. The minimum absolute atomic E-state index is 0.000214. The lowest BCUT2D eigenvalue weighted by atomic mass is 10.0. The largest absolute Gasteiger partial charge is 0.466 e.